The molecule has 1 unspecified atom stereocenters. The molecule has 1 aromatic carbocycles. The van der Waals surface area contributed by atoms with Gasteiger partial charge < -0.3 is 9.88 Å². The average Bonchev–Trinajstić information content (AvgIpc) is 2.88. The van der Waals surface area contributed by atoms with Crippen molar-refractivity contribution in [3.63, 3.8) is 0 Å². The first kappa shape index (κ1) is 15.7. The molecule has 1 heterocycles. The minimum absolute atomic E-state index is 0.250. The summed E-state index contributed by atoms with van der Waals surface area (Å²) in [5.74, 6) is 1.12. The van der Waals surface area contributed by atoms with Crippen molar-refractivity contribution in [1.29, 1.82) is 0 Å². The second kappa shape index (κ2) is 7.38. The largest absolute Gasteiger partial charge is 0.335 e. The summed E-state index contributed by atoms with van der Waals surface area (Å²) in [7, 11) is 0. The van der Waals surface area contributed by atoms with Crippen molar-refractivity contribution >= 4 is 31.9 Å². The number of rotatable bonds is 6. The fourth-order valence-electron chi connectivity index (χ4n) is 2.32. The highest BCUT2D eigenvalue weighted by Crippen LogP contribution is 2.28. The minimum Gasteiger partial charge on any atom is -0.335 e. The fraction of sp³-hybridized carbons (Fsp3) is 0.400. The van der Waals surface area contributed by atoms with Gasteiger partial charge in [0, 0.05) is 40.3 Å². The third-order valence-corrected chi connectivity index (χ3v) is 4.53. The second-order valence-electron chi connectivity index (χ2n) is 4.61. The van der Waals surface area contributed by atoms with Crippen LogP contribution in [0.15, 0.2) is 39.5 Å². The Bertz CT molecular complexity index is 566. The molecule has 0 aliphatic heterocycles. The van der Waals surface area contributed by atoms with Crippen LogP contribution in [0, 0.1) is 0 Å². The van der Waals surface area contributed by atoms with E-state index in [-0.39, 0.29) is 6.04 Å². The lowest BCUT2D eigenvalue weighted by Crippen LogP contribution is -2.24. The number of imidazole rings is 1. The number of hydrogen-bond donors (Lipinski definition) is 1. The molecule has 2 rings (SSSR count). The average molecular weight is 401 g/mol. The molecule has 1 atom stereocenters. The summed E-state index contributed by atoms with van der Waals surface area (Å²) in [5.41, 5.74) is 1.26. The highest BCUT2D eigenvalue weighted by atomic mass is 79.9. The van der Waals surface area contributed by atoms with Crippen molar-refractivity contribution in [2.45, 2.75) is 32.9 Å². The number of aryl methyl sites for hydroxylation is 1. The van der Waals surface area contributed by atoms with Crippen molar-refractivity contribution in [3.05, 3.63) is 50.9 Å². The first-order valence-corrected chi connectivity index (χ1v) is 8.42. The molecule has 0 radical (unpaired) electrons. The van der Waals surface area contributed by atoms with E-state index in [1.807, 2.05) is 18.5 Å². The monoisotopic (exact) mass is 399 g/mol. The van der Waals surface area contributed by atoms with Crippen molar-refractivity contribution in [2.24, 2.45) is 0 Å². The Hall–Kier alpha value is -0.650. The minimum atomic E-state index is 0.250. The number of halogens is 2. The third kappa shape index (κ3) is 3.71. The van der Waals surface area contributed by atoms with E-state index >= 15 is 0 Å². The Morgan fingerprint density at radius 3 is 2.80 bits per heavy atom. The van der Waals surface area contributed by atoms with E-state index in [1.54, 1.807) is 0 Å². The molecular formula is C15H19Br2N3. The lowest BCUT2D eigenvalue weighted by Gasteiger charge is -2.20. The molecule has 20 heavy (non-hydrogen) atoms. The van der Waals surface area contributed by atoms with Gasteiger partial charge in [0.25, 0.3) is 0 Å². The Morgan fingerprint density at radius 2 is 2.10 bits per heavy atom. The summed E-state index contributed by atoms with van der Waals surface area (Å²) in [4.78, 5) is 4.48. The fourth-order valence-corrected chi connectivity index (χ4v) is 3.22. The Balaban J connectivity index is 2.29. The quantitative estimate of drug-likeness (QED) is 0.782. The maximum absolute atomic E-state index is 4.48. The first-order valence-electron chi connectivity index (χ1n) is 6.84. The zero-order valence-corrected chi connectivity index (χ0v) is 14.9. The van der Waals surface area contributed by atoms with Crippen LogP contribution in [0.25, 0.3) is 0 Å². The molecule has 1 N–H and O–H groups in total. The van der Waals surface area contributed by atoms with Gasteiger partial charge in [-0.15, -0.1) is 0 Å². The highest BCUT2D eigenvalue weighted by Gasteiger charge is 2.17. The molecule has 0 saturated carbocycles. The lowest BCUT2D eigenvalue weighted by atomic mass is 10.0. The van der Waals surface area contributed by atoms with Gasteiger partial charge >= 0.3 is 0 Å². The predicted molar refractivity (Wildman–Crippen MR) is 89.9 cm³/mol. The first-order chi connectivity index (χ1) is 9.65. The van der Waals surface area contributed by atoms with Gasteiger partial charge in [-0.3, -0.25) is 0 Å². The van der Waals surface area contributed by atoms with E-state index in [0.717, 1.165) is 34.3 Å². The number of nitrogens with zero attached hydrogens (tertiary/aromatic N) is 2. The molecule has 5 heteroatoms. The summed E-state index contributed by atoms with van der Waals surface area (Å²) < 4.78 is 4.41. The number of likely N-dealkylation sites (N-methyl/N-ethyl adjacent to an activating group) is 1. The molecule has 0 amide bonds. The van der Waals surface area contributed by atoms with Gasteiger partial charge in [0.1, 0.15) is 5.82 Å². The molecule has 0 fully saturated rings. The zero-order chi connectivity index (χ0) is 14.5. The molecule has 0 aliphatic rings. The van der Waals surface area contributed by atoms with E-state index < -0.39 is 0 Å². The van der Waals surface area contributed by atoms with Crippen LogP contribution in [-0.4, -0.2) is 16.1 Å². The summed E-state index contributed by atoms with van der Waals surface area (Å²) >= 11 is 7.21. The van der Waals surface area contributed by atoms with Crippen LogP contribution >= 0.6 is 31.9 Å². The van der Waals surface area contributed by atoms with Crippen molar-refractivity contribution in [2.75, 3.05) is 6.54 Å². The summed E-state index contributed by atoms with van der Waals surface area (Å²) in [6.07, 6.45) is 4.79. The van der Waals surface area contributed by atoms with Crippen LogP contribution in [0.3, 0.4) is 0 Å². The molecule has 0 saturated heterocycles. The number of hydrogen-bond acceptors (Lipinski definition) is 2. The van der Waals surface area contributed by atoms with Crippen LogP contribution in [0.4, 0.5) is 0 Å². The molecule has 0 bridgehead atoms. The zero-order valence-electron chi connectivity index (χ0n) is 11.7. The number of nitrogens with one attached hydrogen (secondary N) is 1. The van der Waals surface area contributed by atoms with Gasteiger partial charge in [-0.05, 0) is 37.2 Å². The highest BCUT2D eigenvalue weighted by molar-refractivity contribution is 9.11. The summed E-state index contributed by atoms with van der Waals surface area (Å²) in [6.45, 7) is 6.15. The molecule has 3 nitrogen and oxygen atoms in total. The van der Waals surface area contributed by atoms with E-state index in [9.17, 15) is 0 Å². The summed E-state index contributed by atoms with van der Waals surface area (Å²) in [6, 6.07) is 6.54. The number of benzene rings is 1. The van der Waals surface area contributed by atoms with Crippen LogP contribution in [0.1, 0.15) is 31.3 Å². The van der Waals surface area contributed by atoms with Crippen LogP contribution in [-0.2, 0) is 13.0 Å². The van der Waals surface area contributed by atoms with Gasteiger partial charge in [-0.2, -0.15) is 0 Å². The normalized spacial score (nSPS) is 12.6. The van der Waals surface area contributed by atoms with Gasteiger partial charge in [0.15, 0.2) is 0 Å². The summed E-state index contributed by atoms with van der Waals surface area (Å²) in [5, 5.41) is 3.55. The predicted octanol–water partition coefficient (Wildman–Crippen LogP) is 4.32. The third-order valence-electron chi connectivity index (χ3n) is 3.31. The van der Waals surface area contributed by atoms with E-state index in [0.29, 0.717) is 0 Å². The van der Waals surface area contributed by atoms with Crippen molar-refractivity contribution in [3.8, 4) is 0 Å². The van der Waals surface area contributed by atoms with Crippen LogP contribution in [0.5, 0.6) is 0 Å². The molecule has 2 aromatic rings. The maximum atomic E-state index is 4.48. The SMILES string of the molecule is CCNC(Cc1nccn1CC)c1cc(Br)ccc1Br. The van der Waals surface area contributed by atoms with E-state index in [4.69, 9.17) is 0 Å². The van der Waals surface area contributed by atoms with Crippen LogP contribution in [0.2, 0.25) is 0 Å². The number of aromatic nitrogens is 2. The maximum Gasteiger partial charge on any atom is 0.110 e. The second-order valence-corrected chi connectivity index (χ2v) is 6.38. The van der Waals surface area contributed by atoms with Crippen molar-refractivity contribution in [1.82, 2.24) is 14.9 Å². The van der Waals surface area contributed by atoms with Crippen molar-refractivity contribution < 1.29 is 0 Å². The molecule has 0 spiro atoms. The Kier molecular flexibility index (Phi) is 5.81. The molecular weight excluding hydrogens is 382 g/mol. The molecule has 0 aliphatic carbocycles. The smallest absolute Gasteiger partial charge is 0.110 e. The molecule has 1 aromatic heterocycles. The van der Waals surface area contributed by atoms with Crippen LogP contribution < -0.4 is 5.32 Å². The van der Waals surface area contributed by atoms with E-state index in [1.165, 1.54) is 5.56 Å². The van der Waals surface area contributed by atoms with Gasteiger partial charge in [-0.1, -0.05) is 38.8 Å². The Morgan fingerprint density at radius 1 is 1.30 bits per heavy atom. The standard InChI is InChI=1S/C15H19Br2N3/c1-3-18-14(10-15-19-7-8-20(15)4-2)12-9-11(16)5-6-13(12)17/h5-9,14,18H,3-4,10H2,1-2H3. The van der Waals surface area contributed by atoms with E-state index in [2.05, 4.69) is 72.7 Å². The Labute approximate surface area is 137 Å². The molecule has 108 valence electrons. The lowest BCUT2D eigenvalue weighted by molar-refractivity contribution is 0.520. The topological polar surface area (TPSA) is 29.9 Å². The van der Waals surface area contributed by atoms with Gasteiger partial charge in [-0.25, -0.2) is 4.98 Å². The van der Waals surface area contributed by atoms with Gasteiger partial charge in [0.05, 0.1) is 0 Å². The van der Waals surface area contributed by atoms with Gasteiger partial charge in [0.2, 0.25) is 0 Å².